The number of carbonyl (C=O) groups excluding carboxylic acids is 1. The third-order valence-corrected chi connectivity index (χ3v) is 4.91. The van der Waals surface area contributed by atoms with Gasteiger partial charge in [0.05, 0.1) is 49.1 Å². The van der Waals surface area contributed by atoms with E-state index in [2.05, 4.69) is 25.4 Å². The highest BCUT2D eigenvalue weighted by Gasteiger charge is 2.18. The van der Waals surface area contributed by atoms with Crippen LogP contribution in [0.5, 0.6) is 0 Å². The maximum absolute atomic E-state index is 13.1. The van der Waals surface area contributed by atoms with E-state index in [1.54, 1.807) is 54.8 Å². The molecule has 0 unspecified atom stereocenters. The van der Waals surface area contributed by atoms with Crippen LogP contribution in [0.2, 0.25) is 0 Å². The van der Waals surface area contributed by atoms with Gasteiger partial charge in [0, 0.05) is 37.5 Å². The Bertz CT molecular complexity index is 1230. The molecule has 0 aliphatic heterocycles. The molecule has 0 aliphatic carbocycles. The Labute approximate surface area is 196 Å². The Morgan fingerprint density at radius 2 is 1.97 bits per heavy atom. The van der Waals surface area contributed by atoms with Crippen LogP contribution in [0.1, 0.15) is 10.5 Å². The molecule has 0 bridgehead atoms. The second-order valence-electron chi connectivity index (χ2n) is 7.30. The summed E-state index contributed by atoms with van der Waals surface area (Å²) in [6.45, 7) is 1.98. The van der Waals surface area contributed by atoms with E-state index in [4.69, 9.17) is 15.2 Å². The predicted octanol–water partition coefficient (Wildman–Crippen LogP) is 2.90. The Morgan fingerprint density at radius 1 is 1.06 bits per heavy atom. The zero-order chi connectivity index (χ0) is 23.8. The van der Waals surface area contributed by atoms with Crippen molar-refractivity contribution in [1.82, 2.24) is 24.7 Å². The summed E-state index contributed by atoms with van der Waals surface area (Å²) in [5.41, 5.74) is 9.69. The first-order chi connectivity index (χ1) is 16.7. The molecule has 3 N–H and O–H groups in total. The molecular formula is C24H25N7O3. The number of nitrogens with two attached hydrogens (primary N) is 1. The van der Waals surface area contributed by atoms with Crippen molar-refractivity contribution in [1.29, 1.82) is 0 Å². The maximum atomic E-state index is 13.1. The van der Waals surface area contributed by atoms with Gasteiger partial charge in [0.1, 0.15) is 11.4 Å². The highest BCUT2D eigenvalue weighted by Crippen LogP contribution is 2.26. The summed E-state index contributed by atoms with van der Waals surface area (Å²) in [5, 5.41) is 7.52. The summed E-state index contributed by atoms with van der Waals surface area (Å²) in [6, 6.07) is 12.4. The molecule has 0 atom stereocenters. The topological polar surface area (TPSA) is 130 Å². The van der Waals surface area contributed by atoms with E-state index in [-0.39, 0.29) is 5.69 Å². The van der Waals surface area contributed by atoms with Gasteiger partial charge in [0.15, 0.2) is 0 Å². The first kappa shape index (κ1) is 23.0. The second kappa shape index (κ2) is 11.1. The van der Waals surface area contributed by atoms with Crippen LogP contribution < -0.4 is 11.1 Å². The lowest BCUT2D eigenvalue weighted by Gasteiger charge is -2.08. The lowest BCUT2D eigenvalue weighted by Crippen LogP contribution is -2.15. The summed E-state index contributed by atoms with van der Waals surface area (Å²) in [6.07, 6.45) is 6.74. The number of hydrogen-bond acceptors (Lipinski definition) is 8. The van der Waals surface area contributed by atoms with Crippen molar-refractivity contribution < 1.29 is 14.3 Å². The molecule has 0 spiro atoms. The fraction of sp³-hybridized carbons (Fsp3) is 0.208. The summed E-state index contributed by atoms with van der Waals surface area (Å²) < 4.78 is 12.2. The molecule has 0 saturated heterocycles. The SMILES string of the molecule is COCCOCCn1cc(NC(=O)c2ccc(N)c(-c3cccnc3)n2)c(-c2ccccn2)n1. The van der Waals surface area contributed by atoms with Crippen LogP contribution in [0.3, 0.4) is 0 Å². The van der Waals surface area contributed by atoms with Gasteiger partial charge in [-0.3, -0.25) is 19.4 Å². The van der Waals surface area contributed by atoms with E-state index < -0.39 is 5.91 Å². The van der Waals surface area contributed by atoms with Crippen molar-refractivity contribution in [2.45, 2.75) is 6.54 Å². The molecule has 0 fully saturated rings. The average Bonchev–Trinajstić information content (AvgIpc) is 3.27. The van der Waals surface area contributed by atoms with E-state index >= 15 is 0 Å². The van der Waals surface area contributed by atoms with E-state index in [0.29, 0.717) is 54.8 Å². The van der Waals surface area contributed by atoms with Crippen LogP contribution in [-0.4, -0.2) is 57.6 Å². The number of amides is 1. The minimum absolute atomic E-state index is 0.218. The number of pyridine rings is 3. The zero-order valence-electron chi connectivity index (χ0n) is 18.7. The van der Waals surface area contributed by atoms with Gasteiger partial charge in [0.25, 0.3) is 5.91 Å². The molecule has 1 amide bonds. The van der Waals surface area contributed by atoms with Crippen molar-refractivity contribution in [2.24, 2.45) is 0 Å². The van der Waals surface area contributed by atoms with Crippen LogP contribution in [-0.2, 0) is 16.0 Å². The molecule has 10 heteroatoms. The van der Waals surface area contributed by atoms with E-state index in [9.17, 15) is 4.79 Å². The van der Waals surface area contributed by atoms with Gasteiger partial charge in [-0.15, -0.1) is 0 Å². The molecule has 174 valence electrons. The van der Waals surface area contributed by atoms with Gasteiger partial charge in [-0.05, 0) is 36.4 Å². The summed E-state index contributed by atoms with van der Waals surface area (Å²) in [4.78, 5) is 26.1. The van der Waals surface area contributed by atoms with Crippen LogP contribution in [0.15, 0.2) is 67.3 Å². The fourth-order valence-electron chi connectivity index (χ4n) is 3.24. The van der Waals surface area contributed by atoms with Gasteiger partial charge in [-0.25, -0.2) is 4.98 Å². The molecule has 0 aromatic carbocycles. The number of hydrogen-bond donors (Lipinski definition) is 2. The first-order valence-electron chi connectivity index (χ1n) is 10.7. The Kier molecular flexibility index (Phi) is 7.53. The van der Waals surface area contributed by atoms with E-state index in [1.807, 2.05) is 24.3 Å². The Morgan fingerprint density at radius 3 is 2.74 bits per heavy atom. The number of nitrogen functional groups attached to an aromatic ring is 1. The maximum Gasteiger partial charge on any atom is 0.274 e. The molecular weight excluding hydrogens is 434 g/mol. The standard InChI is InChI=1S/C24H25N7O3/c1-33-13-14-34-12-11-31-16-21(23(30-31)19-6-2-3-10-27-19)29-24(32)20-8-7-18(25)22(28-20)17-5-4-9-26-15-17/h2-10,15-16H,11-14,25H2,1H3,(H,29,32). The van der Waals surface area contributed by atoms with Gasteiger partial charge >= 0.3 is 0 Å². The predicted molar refractivity (Wildman–Crippen MR) is 128 cm³/mol. The molecule has 4 rings (SSSR count). The molecule has 0 radical (unpaired) electrons. The Hall–Kier alpha value is -4.15. The van der Waals surface area contributed by atoms with Gasteiger partial charge in [-0.1, -0.05) is 6.07 Å². The number of anilines is 2. The van der Waals surface area contributed by atoms with E-state index in [0.717, 1.165) is 5.56 Å². The third-order valence-electron chi connectivity index (χ3n) is 4.91. The number of methoxy groups -OCH3 is 1. The summed E-state index contributed by atoms with van der Waals surface area (Å²) >= 11 is 0. The number of aromatic nitrogens is 5. The van der Waals surface area contributed by atoms with Gasteiger partial charge in [-0.2, -0.15) is 5.10 Å². The monoisotopic (exact) mass is 459 g/mol. The molecule has 4 aromatic heterocycles. The normalized spacial score (nSPS) is 10.9. The lowest BCUT2D eigenvalue weighted by molar-refractivity contribution is 0.0654. The van der Waals surface area contributed by atoms with Crippen molar-refractivity contribution in [3.05, 3.63) is 72.9 Å². The summed E-state index contributed by atoms with van der Waals surface area (Å²) in [5.74, 6) is -0.391. The number of nitrogens with zero attached hydrogens (tertiary/aromatic N) is 5. The second-order valence-corrected chi connectivity index (χ2v) is 7.30. The van der Waals surface area contributed by atoms with Crippen molar-refractivity contribution in [3.8, 4) is 22.6 Å². The third kappa shape index (κ3) is 5.61. The van der Waals surface area contributed by atoms with E-state index in [1.165, 1.54) is 0 Å². The highest BCUT2D eigenvalue weighted by atomic mass is 16.5. The van der Waals surface area contributed by atoms with Gasteiger partial charge < -0.3 is 20.5 Å². The number of ether oxygens (including phenoxy) is 2. The van der Waals surface area contributed by atoms with Crippen LogP contribution in [0, 0.1) is 0 Å². The zero-order valence-corrected chi connectivity index (χ0v) is 18.7. The van der Waals surface area contributed by atoms with Crippen molar-refractivity contribution in [2.75, 3.05) is 38.0 Å². The minimum atomic E-state index is -0.391. The van der Waals surface area contributed by atoms with Gasteiger partial charge in [0.2, 0.25) is 0 Å². The lowest BCUT2D eigenvalue weighted by atomic mass is 10.1. The molecule has 34 heavy (non-hydrogen) atoms. The molecule has 0 saturated carbocycles. The molecule has 10 nitrogen and oxygen atoms in total. The summed E-state index contributed by atoms with van der Waals surface area (Å²) in [7, 11) is 1.63. The molecule has 4 heterocycles. The number of nitrogens with one attached hydrogen (secondary N) is 1. The molecule has 0 aliphatic rings. The molecule has 4 aromatic rings. The smallest absolute Gasteiger partial charge is 0.274 e. The largest absolute Gasteiger partial charge is 0.397 e. The first-order valence-corrected chi connectivity index (χ1v) is 10.7. The Balaban J connectivity index is 1.57. The highest BCUT2D eigenvalue weighted by molar-refractivity contribution is 6.05. The van der Waals surface area contributed by atoms with Crippen molar-refractivity contribution in [3.63, 3.8) is 0 Å². The van der Waals surface area contributed by atoms with Crippen LogP contribution in [0.25, 0.3) is 22.6 Å². The average molecular weight is 460 g/mol. The minimum Gasteiger partial charge on any atom is -0.397 e. The fourth-order valence-corrected chi connectivity index (χ4v) is 3.24. The van der Waals surface area contributed by atoms with Crippen LogP contribution in [0.4, 0.5) is 11.4 Å². The number of rotatable bonds is 10. The van der Waals surface area contributed by atoms with Crippen LogP contribution >= 0.6 is 0 Å². The number of carbonyl (C=O) groups is 1. The quantitative estimate of drug-likeness (QED) is 0.346. The van der Waals surface area contributed by atoms with Crippen molar-refractivity contribution >= 4 is 17.3 Å².